The molecule has 0 saturated carbocycles. The van der Waals surface area contributed by atoms with E-state index in [1.807, 2.05) is 13.0 Å². The number of β-lactam (4-membered cyclic amide) rings is 1. The van der Waals surface area contributed by atoms with Crippen LogP contribution in [0.3, 0.4) is 0 Å². The van der Waals surface area contributed by atoms with E-state index in [1.54, 1.807) is 19.1 Å². The molecule has 0 spiro atoms. The van der Waals surface area contributed by atoms with Crippen molar-refractivity contribution < 1.29 is 19.8 Å². The van der Waals surface area contributed by atoms with E-state index in [4.69, 9.17) is 23.2 Å². The lowest BCUT2D eigenvalue weighted by Gasteiger charge is -2.46. The molecule has 5 nitrogen and oxygen atoms in total. The zero-order valence-corrected chi connectivity index (χ0v) is 17.1. The molecule has 0 unspecified atom stereocenters. The first-order chi connectivity index (χ1) is 12.2. The number of amides is 1. The summed E-state index contributed by atoms with van der Waals surface area (Å²) < 4.78 is 0. The van der Waals surface area contributed by atoms with E-state index in [-0.39, 0.29) is 23.6 Å². The van der Waals surface area contributed by atoms with Crippen LogP contribution < -0.4 is 0 Å². The van der Waals surface area contributed by atoms with Crippen molar-refractivity contribution in [2.24, 2.45) is 11.8 Å². The quantitative estimate of drug-likeness (QED) is 0.401. The molecule has 1 fully saturated rings. The van der Waals surface area contributed by atoms with Crippen molar-refractivity contribution in [2.75, 3.05) is 5.08 Å². The minimum Gasteiger partial charge on any atom is -0.477 e. The number of nitrogens with zero attached hydrogens (tertiary/aromatic N) is 1. The van der Waals surface area contributed by atoms with E-state index < -0.39 is 18.0 Å². The molecule has 2 heterocycles. The van der Waals surface area contributed by atoms with Gasteiger partial charge in [0.05, 0.1) is 28.1 Å². The second-order valence-electron chi connectivity index (χ2n) is 6.25. The SMILES string of the molecule is C[C@@H](O)[C@H]1C(=O)N2C(C(=O)O)=C(SCSc3ccc(Cl)c(Cl)c3)[C@H](C)[C@H]12. The number of aliphatic hydroxyl groups is 1. The number of hydrogen-bond acceptors (Lipinski definition) is 5. The highest BCUT2D eigenvalue weighted by Gasteiger charge is 2.59. The third kappa shape index (κ3) is 3.36. The molecule has 4 atom stereocenters. The summed E-state index contributed by atoms with van der Waals surface area (Å²) in [5.74, 6) is -2.10. The van der Waals surface area contributed by atoms with Gasteiger partial charge in [-0.05, 0) is 25.1 Å². The number of carboxylic acid groups (broad SMARTS) is 1. The molecule has 0 bridgehead atoms. The topological polar surface area (TPSA) is 77.8 Å². The number of fused-ring (bicyclic) bond motifs is 1. The monoisotopic (exact) mass is 433 g/mol. The van der Waals surface area contributed by atoms with Crippen molar-refractivity contribution in [3.63, 3.8) is 0 Å². The lowest BCUT2D eigenvalue weighted by molar-refractivity contribution is -0.163. The third-order valence-corrected chi connectivity index (χ3v) is 7.79. The van der Waals surface area contributed by atoms with Gasteiger partial charge >= 0.3 is 5.97 Å². The van der Waals surface area contributed by atoms with Crippen LogP contribution in [-0.2, 0) is 9.59 Å². The molecule has 2 aliphatic rings. The summed E-state index contributed by atoms with van der Waals surface area (Å²) in [5, 5.41) is 20.9. The lowest BCUT2D eigenvalue weighted by atomic mass is 9.79. The number of halogens is 2. The van der Waals surface area contributed by atoms with Crippen LogP contribution >= 0.6 is 46.7 Å². The minimum absolute atomic E-state index is 0.0455. The highest BCUT2D eigenvalue weighted by molar-refractivity contribution is 8.17. The first kappa shape index (κ1) is 19.9. The van der Waals surface area contributed by atoms with Crippen LogP contribution in [0.5, 0.6) is 0 Å². The molecule has 26 heavy (non-hydrogen) atoms. The number of carbonyl (C=O) groups is 2. The summed E-state index contributed by atoms with van der Waals surface area (Å²) in [6.45, 7) is 3.47. The molecule has 1 aromatic rings. The van der Waals surface area contributed by atoms with Crippen LogP contribution in [0.15, 0.2) is 33.7 Å². The molecular weight excluding hydrogens is 417 g/mol. The predicted molar refractivity (Wildman–Crippen MR) is 104 cm³/mol. The van der Waals surface area contributed by atoms with Gasteiger partial charge in [-0.2, -0.15) is 0 Å². The Balaban J connectivity index is 1.74. The van der Waals surface area contributed by atoms with Gasteiger partial charge in [-0.1, -0.05) is 30.1 Å². The van der Waals surface area contributed by atoms with E-state index in [0.29, 0.717) is 20.0 Å². The molecule has 2 N–H and O–H groups in total. The van der Waals surface area contributed by atoms with Gasteiger partial charge in [0.25, 0.3) is 0 Å². The normalized spacial score (nSPS) is 26.0. The van der Waals surface area contributed by atoms with E-state index in [2.05, 4.69) is 0 Å². The van der Waals surface area contributed by atoms with Crippen LogP contribution in [0.2, 0.25) is 10.0 Å². The van der Waals surface area contributed by atoms with Crippen LogP contribution in [0.1, 0.15) is 13.8 Å². The van der Waals surface area contributed by atoms with Crippen LogP contribution in [0.4, 0.5) is 0 Å². The zero-order chi connectivity index (χ0) is 19.2. The summed E-state index contributed by atoms with van der Waals surface area (Å²) in [6, 6.07) is 5.05. The minimum atomic E-state index is -1.11. The molecule has 3 rings (SSSR count). The van der Waals surface area contributed by atoms with Crippen molar-refractivity contribution >= 4 is 58.6 Å². The van der Waals surface area contributed by atoms with Crippen molar-refractivity contribution in [1.29, 1.82) is 0 Å². The van der Waals surface area contributed by atoms with Crippen molar-refractivity contribution in [2.45, 2.75) is 30.9 Å². The van der Waals surface area contributed by atoms with Crippen LogP contribution in [0, 0.1) is 11.8 Å². The van der Waals surface area contributed by atoms with Crippen LogP contribution in [0.25, 0.3) is 0 Å². The molecule has 2 aliphatic heterocycles. The molecule has 1 amide bonds. The summed E-state index contributed by atoms with van der Waals surface area (Å²) in [5.41, 5.74) is 0.0455. The van der Waals surface area contributed by atoms with E-state index in [9.17, 15) is 19.8 Å². The van der Waals surface area contributed by atoms with Gasteiger partial charge in [0.2, 0.25) is 5.91 Å². The first-order valence-electron chi connectivity index (χ1n) is 7.93. The van der Waals surface area contributed by atoms with Crippen molar-refractivity contribution in [3.8, 4) is 0 Å². The summed E-state index contributed by atoms with van der Waals surface area (Å²) in [6.07, 6.45) is -0.795. The summed E-state index contributed by atoms with van der Waals surface area (Å²) in [7, 11) is 0. The fourth-order valence-corrected chi connectivity index (χ4v) is 6.18. The van der Waals surface area contributed by atoms with Crippen molar-refractivity contribution in [1.82, 2.24) is 4.90 Å². The Kier molecular flexibility index (Phi) is 5.84. The Hall–Kier alpha value is -0.860. The summed E-state index contributed by atoms with van der Waals surface area (Å²) >= 11 is 14.8. The number of carbonyl (C=O) groups excluding carboxylic acids is 1. The standard InChI is InChI=1S/C17H17Cl2NO4S2/c1-7-13-12(8(2)21)16(22)20(13)14(17(23)24)15(7)26-6-25-9-3-4-10(18)11(19)5-9/h3-5,7-8,12-13,21H,6H2,1-2H3,(H,23,24)/t7-,8-,12-,13-/m1/s1. The zero-order valence-electron chi connectivity index (χ0n) is 14.0. The average molecular weight is 434 g/mol. The van der Waals surface area contributed by atoms with E-state index in [0.717, 1.165) is 4.90 Å². The number of aliphatic hydroxyl groups excluding tert-OH is 1. The lowest BCUT2D eigenvalue weighted by Crippen LogP contribution is -2.63. The molecule has 1 saturated heterocycles. The van der Waals surface area contributed by atoms with Gasteiger partial charge in [0.1, 0.15) is 5.70 Å². The number of hydrogen-bond donors (Lipinski definition) is 2. The maximum absolute atomic E-state index is 12.3. The molecule has 9 heteroatoms. The highest BCUT2D eigenvalue weighted by Crippen LogP contribution is 2.51. The number of rotatable bonds is 6. The Morgan fingerprint density at radius 3 is 2.58 bits per heavy atom. The number of thioether (sulfide) groups is 2. The summed E-state index contributed by atoms with van der Waals surface area (Å²) in [4.78, 5) is 26.9. The van der Waals surface area contributed by atoms with Gasteiger partial charge in [0, 0.05) is 20.8 Å². The Morgan fingerprint density at radius 1 is 1.31 bits per heavy atom. The molecule has 0 aliphatic carbocycles. The Morgan fingerprint density at radius 2 is 2.00 bits per heavy atom. The van der Waals surface area contributed by atoms with Gasteiger partial charge in [-0.15, -0.1) is 23.5 Å². The number of benzene rings is 1. The Bertz CT molecular complexity index is 799. The molecular formula is C17H17Cl2NO4S2. The second-order valence-corrected chi connectivity index (χ2v) is 9.50. The van der Waals surface area contributed by atoms with Crippen LogP contribution in [-0.4, -0.2) is 44.2 Å². The molecule has 1 aromatic carbocycles. The molecule has 0 aromatic heterocycles. The van der Waals surface area contributed by atoms with E-state index in [1.165, 1.54) is 28.4 Å². The maximum Gasteiger partial charge on any atom is 0.353 e. The molecule has 140 valence electrons. The largest absolute Gasteiger partial charge is 0.477 e. The smallest absolute Gasteiger partial charge is 0.353 e. The van der Waals surface area contributed by atoms with E-state index >= 15 is 0 Å². The van der Waals surface area contributed by atoms with Gasteiger partial charge in [-0.25, -0.2) is 4.79 Å². The van der Waals surface area contributed by atoms with Gasteiger partial charge in [0.15, 0.2) is 0 Å². The second kappa shape index (κ2) is 7.64. The predicted octanol–water partition coefficient (Wildman–Crippen LogP) is 3.93. The van der Waals surface area contributed by atoms with Crippen molar-refractivity contribution in [3.05, 3.63) is 38.8 Å². The fourth-order valence-electron chi connectivity index (χ4n) is 3.44. The van der Waals surface area contributed by atoms with Gasteiger partial charge < -0.3 is 15.1 Å². The Labute approximate surface area is 169 Å². The molecule has 0 radical (unpaired) electrons. The maximum atomic E-state index is 12.3. The third-order valence-electron chi connectivity index (χ3n) is 4.64. The highest BCUT2D eigenvalue weighted by atomic mass is 35.5. The van der Waals surface area contributed by atoms with Gasteiger partial charge in [-0.3, -0.25) is 4.79 Å². The number of aliphatic carboxylic acids is 1. The first-order valence-corrected chi connectivity index (χ1v) is 10.7. The number of carboxylic acids is 1. The fraction of sp³-hybridized carbons (Fsp3) is 0.412. The average Bonchev–Trinajstić information content (AvgIpc) is 2.80.